The van der Waals surface area contributed by atoms with Crippen molar-refractivity contribution in [1.82, 2.24) is 30.2 Å². The lowest BCUT2D eigenvalue weighted by atomic mass is 9.97. The van der Waals surface area contributed by atoms with Gasteiger partial charge in [-0.15, -0.1) is 31.4 Å². The van der Waals surface area contributed by atoms with E-state index in [-0.39, 0.29) is 53.9 Å². The van der Waals surface area contributed by atoms with E-state index in [9.17, 15) is 54.3 Å². The third kappa shape index (κ3) is 12.6. The number of amides is 3. The first-order valence-electron chi connectivity index (χ1n) is 19.8. The molecule has 4 heterocycles. The molecule has 0 unspecified atom stereocenters. The molecule has 6 N–H and O–H groups in total. The average molecular weight is 943 g/mol. The van der Waals surface area contributed by atoms with E-state index < -0.39 is 59.7 Å². The molecule has 0 aliphatic carbocycles. The summed E-state index contributed by atoms with van der Waals surface area (Å²) in [6.45, 7) is 3.71. The van der Waals surface area contributed by atoms with E-state index in [1.807, 2.05) is 0 Å². The number of carbonyl (C=O) groups excluding carboxylic acids is 3. The summed E-state index contributed by atoms with van der Waals surface area (Å²) in [7, 11) is 0. The van der Waals surface area contributed by atoms with Gasteiger partial charge < -0.3 is 36.3 Å². The lowest BCUT2D eigenvalue weighted by Gasteiger charge is -2.11. The maximum absolute atomic E-state index is 13.8. The number of hydrogen-bond donors (Lipinski definition) is 5. The molecule has 352 valence electrons. The summed E-state index contributed by atoms with van der Waals surface area (Å²) in [4.78, 5) is 45.4. The number of benzene rings is 4. The number of carboxylic acids is 1. The Labute approximate surface area is 374 Å². The second kappa shape index (κ2) is 20.0. The van der Waals surface area contributed by atoms with Gasteiger partial charge in [0, 0.05) is 42.3 Å². The summed E-state index contributed by atoms with van der Waals surface area (Å²) in [6, 6.07) is 24.6. The number of nitrogen functional groups attached to an aromatic ring is 1. The summed E-state index contributed by atoms with van der Waals surface area (Å²) in [6.07, 6.45) is -9.66. The molecule has 23 heteroatoms. The summed E-state index contributed by atoms with van der Waals surface area (Å²) < 4.78 is 113. The highest BCUT2D eigenvalue weighted by Gasteiger charge is 2.37. The molecule has 8 rings (SSSR count). The normalized spacial score (nSPS) is 17.8. The first-order valence-corrected chi connectivity index (χ1v) is 19.8. The van der Waals surface area contributed by atoms with Crippen LogP contribution in [0.3, 0.4) is 0 Å². The number of nitrogens with two attached hydrogens (primary N) is 1. The summed E-state index contributed by atoms with van der Waals surface area (Å²) >= 11 is 0. The SMILES string of the molecule is C[C@H]1C(=O)NC[C@@H]1C(=O)Nc1cc(-c2cccc(OC(F)(F)F)c2)n(-c2cccc(F)c2)n1.C[C@H]1C(=O)NC[C@@H]1C(=O)O.Nc1cc(-c2cccc(OC(F)(F)F)c2)n(-c2cccc(F)c2)n1. The molecule has 4 aromatic carbocycles. The van der Waals surface area contributed by atoms with Gasteiger partial charge in [0.15, 0.2) is 5.82 Å². The van der Waals surface area contributed by atoms with Gasteiger partial charge in [-0.25, -0.2) is 18.1 Å². The monoisotopic (exact) mass is 942 g/mol. The maximum atomic E-state index is 13.8. The van der Waals surface area contributed by atoms with E-state index in [0.717, 1.165) is 12.1 Å². The van der Waals surface area contributed by atoms with Crippen molar-refractivity contribution in [3.8, 4) is 45.4 Å². The van der Waals surface area contributed by atoms with Gasteiger partial charge in [-0.2, -0.15) is 5.10 Å². The van der Waals surface area contributed by atoms with Gasteiger partial charge in [-0.3, -0.25) is 19.2 Å². The zero-order chi connectivity index (χ0) is 48.8. The van der Waals surface area contributed by atoms with Crippen molar-refractivity contribution in [2.45, 2.75) is 26.6 Å². The Bertz CT molecular complexity index is 2780. The quantitative estimate of drug-likeness (QED) is 0.0903. The van der Waals surface area contributed by atoms with Crippen molar-refractivity contribution < 1.29 is 68.9 Å². The van der Waals surface area contributed by atoms with E-state index >= 15 is 0 Å². The number of rotatable bonds is 9. The van der Waals surface area contributed by atoms with Crippen molar-refractivity contribution in [2.24, 2.45) is 23.7 Å². The number of aliphatic carboxylic acids is 1. The van der Waals surface area contributed by atoms with Crippen LogP contribution in [0.4, 0.5) is 46.8 Å². The topological polar surface area (TPSA) is 205 Å². The Balaban J connectivity index is 0.000000189. The minimum atomic E-state index is -4.87. The number of ether oxygens (including phenoxy) is 2. The maximum Gasteiger partial charge on any atom is 0.573 e. The number of alkyl halides is 6. The van der Waals surface area contributed by atoms with Crippen LogP contribution in [0.25, 0.3) is 33.9 Å². The molecule has 15 nitrogen and oxygen atoms in total. The Morgan fingerprint density at radius 1 is 0.672 bits per heavy atom. The van der Waals surface area contributed by atoms with Crippen molar-refractivity contribution in [2.75, 3.05) is 24.1 Å². The first kappa shape index (κ1) is 48.5. The summed E-state index contributed by atoms with van der Waals surface area (Å²) in [5.41, 5.74) is 7.76. The molecule has 67 heavy (non-hydrogen) atoms. The van der Waals surface area contributed by atoms with Crippen LogP contribution in [0.2, 0.25) is 0 Å². The van der Waals surface area contributed by atoms with Crippen LogP contribution >= 0.6 is 0 Å². The average Bonchev–Trinajstić information content (AvgIpc) is 4.03. The van der Waals surface area contributed by atoms with Crippen LogP contribution < -0.4 is 31.2 Å². The Hall–Kier alpha value is -7.98. The minimum Gasteiger partial charge on any atom is -0.481 e. The van der Waals surface area contributed by atoms with Gasteiger partial charge in [0.2, 0.25) is 17.7 Å². The number of aromatic nitrogens is 4. The molecule has 2 aliphatic heterocycles. The number of hydrogen-bond acceptors (Lipinski definition) is 9. The lowest BCUT2D eigenvalue weighted by molar-refractivity contribution is -0.275. The third-order valence-electron chi connectivity index (χ3n) is 10.2. The fourth-order valence-electron chi connectivity index (χ4n) is 6.87. The predicted octanol–water partition coefficient (Wildman–Crippen LogP) is 7.51. The van der Waals surface area contributed by atoms with E-state index in [1.165, 1.54) is 88.2 Å². The molecule has 6 aromatic rings. The smallest absolute Gasteiger partial charge is 0.481 e. The van der Waals surface area contributed by atoms with Crippen LogP contribution in [0.1, 0.15) is 13.8 Å². The Morgan fingerprint density at radius 3 is 1.54 bits per heavy atom. The summed E-state index contributed by atoms with van der Waals surface area (Å²) in [5.74, 6) is -5.36. The van der Waals surface area contributed by atoms with Gasteiger partial charge in [0.1, 0.15) is 29.0 Å². The van der Waals surface area contributed by atoms with Crippen LogP contribution in [-0.4, -0.2) is 74.2 Å². The molecule has 3 amide bonds. The number of halogens is 8. The predicted molar refractivity (Wildman–Crippen MR) is 223 cm³/mol. The Kier molecular flexibility index (Phi) is 14.5. The second-order valence-electron chi connectivity index (χ2n) is 14.9. The van der Waals surface area contributed by atoms with E-state index in [0.29, 0.717) is 28.2 Å². The lowest BCUT2D eigenvalue weighted by Crippen LogP contribution is -2.28. The minimum absolute atomic E-state index is 0.0907. The molecule has 0 radical (unpaired) electrons. The van der Waals surface area contributed by atoms with Crippen LogP contribution in [0, 0.1) is 35.3 Å². The van der Waals surface area contributed by atoms with Gasteiger partial charge in [-0.05, 0) is 60.7 Å². The number of carbonyl (C=O) groups is 4. The molecule has 2 fully saturated rings. The van der Waals surface area contributed by atoms with Crippen LogP contribution in [-0.2, 0) is 19.2 Å². The molecule has 2 saturated heterocycles. The Morgan fingerprint density at radius 2 is 1.12 bits per heavy atom. The fraction of sp³-hybridized carbons (Fsp3) is 0.227. The van der Waals surface area contributed by atoms with Gasteiger partial charge >= 0.3 is 18.7 Å². The summed E-state index contributed by atoms with van der Waals surface area (Å²) in [5, 5.41) is 24.6. The molecular weight excluding hydrogens is 905 g/mol. The van der Waals surface area contributed by atoms with E-state index in [2.05, 4.69) is 35.6 Å². The molecule has 2 aliphatic rings. The molecule has 2 aromatic heterocycles. The van der Waals surface area contributed by atoms with E-state index in [4.69, 9.17) is 10.8 Å². The first-order chi connectivity index (χ1) is 31.5. The van der Waals surface area contributed by atoms with E-state index in [1.54, 1.807) is 32.0 Å². The van der Waals surface area contributed by atoms with Gasteiger partial charge in [-0.1, -0.05) is 50.2 Å². The molecule has 0 spiro atoms. The molecular formula is C44H38F8N8O7. The van der Waals surface area contributed by atoms with Crippen LogP contribution in [0.5, 0.6) is 11.5 Å². The number of anilines is 2. The second-order valence-corrected chi connectivity index (χ2v) is 14.9. The highest BCUT2D eigenvalue weighted by Crippen LogP contribution is 2.33. The zero-order valence-corrected chi connectivity index (χ0v) is 34.9. The number of nitrogens with zero attached hydrogens (tertiary/aromatic N) is 4. The third-order valence-corrected chi connectivity index (χ3v) is 10.2. The van der Waals surface area contributed by atoms with Crippen molar-refractivity contribution in [3.63, 3.8) is 0 Å². The highest BCUT2D eigenvalue weighted by molar-refractivity contribution is 5.98. The highest BCUT2D eigenvalue weighted by atomic mass is 19.4. The molecule has 0 saturated carbocycles. The van der Waals surface area contributed by atoms with Gasteiger partial charge in [0.25, 0.3) is 0 Å². The standard InChI is InChI=1S/C22H18F4N4O3.C16H11F4N3O.C6H9NO3/c1-12-17(11-27-20(12)31)21(32)28-19-10-18(30(29-19)15-6-3-5-14(23)9-15)13-4-2-7-16(8-13)33-22(24,25)26;17-11-4-2-5-12(8-11)23-14(9-15(21)22-23)10-3-1-6-13(7-10)24-16(18,19)20;1-3-4(6(9)10)2-7-5(3)8/h2-10,12,17H,11H2,1H3,(H,27,31)(H,28,29,32);1-9H,(H2,21,22);3-4H,2H2,1H3,(H,7,8)(H,9,10)/t12-,17+;;3-,4+/m1.1/s1. The molecule has 0 bridgehead atoms. The number of nitrogens with one attached hydrogen (secondary N) is 3. The zero-order valence-electron chi connectivity index (χ0n) is 34.9. The van der Waals surface area contributed by atoms with Crippen molar-refractivity contribution in [1.29, 1.82) is 0 Å². The van der Waals surface area contributed by atoms with Crippen LogP contribution in [0.15, 0.2) is 109 Å². The number of carboxylic acid groups (broad SMARTS) is 1. The fourth-order valence-corrected chi connectivity index (χ4v) is 6.87. The largest absolute Gasteiger partial charge is 0.573 e. The van der Waals surface area contributed by atoms with Crippen molar-refractivity contribution in [3.05, 3.63) is 121 Å². The van der Waals surface area contributed by atoms with Gasteiger partial charge in [0.05, 0.1) is 40.5 Å². The molecule has 4 atom stereocenters. The van der Waals surface area contributed by atoms with Crippen molar-refractivity contribution >= 4 is 35.3 Å².